The summed E-state index contributed by atoms with van der Waals surface area (Å²) in [5.41, 5.74) is 2.20. The Hall–Kier alpha value is -3.35. The van der Waals surface area contributed by atoms with Crippen LogP contribution in [-0.2, 0) is 14.3 Å². The minimum Gasteiger partial charge on any atom is -0.493 e. The summed E-state index contributed by atoms with van der Waals surface area (Å²) in [4.78, 5) is 36.1. The molecule has 7 heteroatoms. The van der Waals surface area contributed by atoms with Gasteiger partial charge in [0, 0.05) is 11.3 Å². The zero-order valence-corrected chi connectivity index (χ0v) is 18.6. The van der Waals surface area contributed by atoms with Gasteiger partial charge >= 0.3 is 5.97 Å². The van der Waals surface area contributed by atoms with E-state index >= 15 is 0 Å². The number of ether oxygens (including phenoxy) is 3. The smallest absolute Gasteiger partial charge is 0.344 e. The van der Waals surface area contributed by atoms with Crippen LogP contribution >= 0.6 is 0 Å². The molecule has 0 radical (unpaired) electrons. The Labute approximate surface area is 182 Å². The zero-order chi connectivity index (χ0) is 23.0. The molecule has 7 nitrogen and oxygen atoms in total. The summed E-state index contributed by atoms with van der Waals surface area (Å²) in [6.07, 6.45) is -0.0610. The van der Waals surface area contributed by atoms with Crippen molar-refractivity contribution >= 4 is 23.3 Å². The monoisotopic (exact) mass is 427 g/mol. The second-order valence-electron chi connectivity index (χ2n) is 7.23. The SMILES string of the molecule is CC[C@@H](C)c1ccccc1NC(=O)[C@@H](C)OC(=O)COc1ccc(C(C)=O)cc1OC. The maximum atomic E-state index is 12.5. The first-order valence-corrected chi connectivity index (χ1v) is 10.2. The van der Waals surface area contributed by atoms with E-state index in [0.29, 0.717) is 22.7 Å². The zero-order valence-electron chi connectivity index (χ0n) is 18.6. The topological polar surface area (TPSA) is 90.9 Å². The normalized spacial score (nSPS) is 12.4. The van der Waals surface area contributed by atoms with E-state index in [4.69, 9.17) is 14.2 Å². The molecule has 0 aliphatic heterocycles. The van der Waals surface area contributed by atoms with Gasteiger partial charge in [-0.25, -0.2) is 4.79 Å². The van der Waals surface area contributed by atoms with Crippen molar-refractivity contribution in [1.82, 2.24) is 0 Å². The van der Waals surface area contributed by atoms with Gasteiger partial charge in [0.2, 0.25) is 0 Å². The minimum absolute atomic E-state index is 0.112. The van der Waals surface area contributed by atoms with E-state index in [-0.39, 0.29) is 11.7 Å². The Morgan fingerprint density at radius 3 is 2.39 bits per heavy atom. The van der Waals surface area contributed by atoms with Crippen LogP contribution < -0.4 is 14.8 Å². The van der Waals surface area contributed by atoms with Gasteiger partial charge in [0.1, 0.15) is 0 Å². The van der Waals surface area contributed by atoms with Crippen LogP contribution in [0.2, 0.25) is 0 Å². The average molecular weight is 427 g/mol. The molecule has 0 bridgehead atoms. The van der Waals surface area contributed by atoms with Crippen molar-refractivity contribution in [2.24, 2.45) is 0 Å². The standard InChI is InChI=1S/C24H29NO6/c1-6-15(2)19-9-7-8-10-20(19)25-24(28)17(4)31-23(27)14-30-21-12-11-18(16(3)26)13-22(21)29-5/h7-13,15,17H,6,14H2,1-5H3,(H,25,28)/t15-,17-/m1/s1. The molecule has 0 aromatic heterocycles. The second-order valence-corrected chi connectivity index (χ2v) is 7.23. The average Bonchev–Trinajstić information content (AvgIpc) is 2.77. The van der Waals surface area contributed by atoms with Gasteiger partial charge in [-0.3, -0.25) is 9.59 Å². The van der Waals surface area contributed by atoms with Crippen LogP contribution in [0.5, 0.6) is 11.5 Å². The first-order valence-electron chi connectivity index (χ1n) is 10.2. The van der Waals surface area contributed by atoms with Gasteiger partial charge in [0.05, 0.1) is 7.11 Å². The molecular formula is C24H29NO6. The van der Waals surface area contributed by atoms with Crippen molar-refractivity contribution in [2.45, 2.75) is 46.1 Å². The van der Waals surface area contributed by atoms with E-state index < -0.39 is 24.6 Å². The van der Waals surface area contributed by atoms with Crippen LogP contribution in [0.25, 0.3) is 0 Å². The Balaban J connectivity index is 1.94. The van der Waals surface area contributed by atoms with E-state index in [1.807, 2.05) is 24.3 Å². The number of Topliss-reactive ketones (excluding diaryl/α,β-unsaturated/α-hetero) is 1. The number of carbonyl (C=O) groups excluding carboxylic acids is 3. The van der Waals surface area contributed by atoms with Crippen LogP contribution in [0.1, 0.15) is 56.0 Å². The highest BCUT2D eigenvalue weighted by Gasteiger charge is 2.20. The van der Waals surface area contributed by atoms with E-state index in [0.717, 1.165) is 12.0 Å². The highest BCUT2D eigenvalue weighted by molar-refractivity contribution is 5.96. The van der Waals surface area contributed by atoms with Gasteiger partial charge in [0.15, 0.2) is 30.0 Å². The van der Waals surface area contributed by atoms with Crippen molar-refractivity contribution in [2.75, 3.05) is 19.0 Å². The van der Waals surface area contributed by atoms with Gasteiger partial charge in [-0.1, -0.05) is 32.0 Å². The fourth-order valence-corrected chi connectivity index (χ4v) is 2.92. The lowest BCUT2D eigenvalue weighted by atomic mass is 9.97. The van der Waals surface area contributed by atoms with Gasteiger partial charge in [-0.15, -0.1) is 0 Å². The van der Waals surface area contributed by atoms with Crippen LogP contribution in [-0.4, -0.2) is 37.5 Å². The number of para-hydroxylation sites is 1. The first-order chi connectivity index (χ1) is 14.8. The molecule has 2 aromatic rings. The maximum Gasteiger partial charge on any atom is 0.344 e. The summed E-state index contributed by atoms with van der Waals surface area (Å²) in [5.74, 6) is -0.328. The molecule has 0 heterocycles. The van der Waals surface area contributed by atoms with Gasteiger partial charge in [-0.05, 0) is 56.0 Å². The lowest BCUT2D eigenvalue weighted by Gasteiger charge is -2.18. The van der Waals surface area contributed by atoms with E-state index in [1.165, 1.54) is 27.0 Å². The first kappa shape index (κ1) is 23.9. The molecule has 0 spiro atoms. The summed E-state index contributed by atoms with van der Waals surface area (Å²) < 4.78 is 15.8. The van der Waals surface area contributed by atoms with Gasteiger partial charge in [0.25, 0.3) is 5.91 Å². The lowest BCUT2D eigenvalue weighted by Crippen LogP contribution is -2.32. The van der Waals surface area contributed by atoms with E-state index in [1.54, 1.807) is 12.1 Å². The van der Waals surface area contributed by atoms with E-state index in [9.17, 15) is 14.4 Å². The molecule has 166 valence electrons. The van der Waals surface area contributed by atoms with Gasteiger partial charge in [-0.2, -0.15) is 0 Å². The van der Waals surface area contributed by atoms with Crippen LogP contribution in [0.3, 0.4) is 0 Å². The molecule has 0 unspecified atom stereocenters. The molecule has 2 atom stereocenters. The van der Waals surface area contributed by atoms with Crippen molar-refractivity contribution in [1.29, 1.82) is 0 Å². The molecule has 2 aromatic carbocycles. The molecule has 1 amide bonds. The molecule has 0 saturated heterocycles. The molecule has 31 heavy (non-hydrogen) atoms. The molecule has 0 fully saturated rings. The minimum atomic E-state index is -0.997. The number of rotatable bonds is 10. The van der Waals surface area contributed by atoms with Crippen molar-refractivity contribution < 1.29 is 28.6 Å². The molecule has 1 N–H and O–H groups in total. The van der Waals surface area contributed by atoms with Crippen molar-refractivity contribution in [3.63, 3.8) is 0 Å². The predicted octanol–water partition coefficient (Wildman–Crippen LogP) is 4.36. The number of hydrogen-bond acceptors (Lipinski definition) is 6. The predicted molar refractivity (Wildman–Crippen MR) is 118 cm³/mol. The Morgan fingerprint density at radius 2 is 1.74 bits per heavy atom. The Kier molecular flexibility index (Phi) is 8.61. The molecule has 0 aliphatic rings. The highest BCUT2D eigenvalue weighted by Crippen LogP contribution is 2.28. The number of hydrogen-bond donors (Lipinski definition) is 1. The van der Waals surface area contributed by atoms with Crippen LogP contribution in [0.4, 0.5) is 5.69 Å². The third-order valence-corrected chi connectivity index (χ3v) is 4.96. The molecule has 0 aliphatic carbocycles. The quantitative estimate of drug-likeness (QED) is 0.447. The Bertz CT molecular complexity index is 939. The number of carbonyl (C=O) groups is 3. The van der Waals surface area contributed by atoms with Crippen molar-refractivity contribution in [3.8, 4) is 11.5 Å². The summed E-state index contributed by atoms with van der Waals surface area (Å²) in [6, 6.07) is 12.2. The molecule has 2 rings (SSSR count). The maximum absolute atomic E-state index is 12.5. The summed E-state index contributed by atoms with van der Waals surface area (Å²) in [6.45, 7) is 6.71. The molecular weight excluding hydrogens is 398 g/mol. The van der Waals surface area contributed by atoms with Gasteiger partial charge < -0.3 is 19.5 Å². The summed E-state index contributed by atoms with van der Waals surface area (Å²) >= 11 is 0. The second kappa shape index (κ2) is 11.2. The number of amides is 1. The number of methoxy groups -OCH3 is 1. The number of anilines is 1. The van der Waals surface area contributed by atoms with E-state index in [2.05, 4.69) is 19.2 Å². The number of benzene rings is 2. The van der Waals surface area contributed by atoms with Crippen LogP contribution in [0, 0.1) is 0 Å². The fourth-order valence-electron chi connectivity index (χ4n) is 2.92. The third-order valence-electron chi connectivity index (χ3n) is 4.96. The number of nitrogens with one attached hydrogen (secondary N) is 1. The lowest BCUT2D eigenvalue weighted by molar-refractivity contribution is -0.155. The summed E-state index contributed by atoms with van der Waals surface area (Å²) in [7, 11) is 1.44. The third kappa shape index (κ3) is 6.57. The summed E-state index contributed by atoms with van der Waals surface area (Å²) in [5, 5.41) is 2.83. The fraction of sp³-hybridized carbons (Fsp3) is 0.375. The van der Waals surface area contributed by atoms with Crippen molar-refractivity contribution in [3.05, 3.63) is 53.6 Å². The molecule has 0 saturated carbocycles. The number of ketones is 1. The number of esters is 1. The Morgan fingerprint density at radius 1 is 1.03 bits per heavy atom. The highest BCUT2D eigenvalue weighted by atomic mass is 16.6. The largest absolute Gasteiger partial charge is 0.493 e. The van der Waals surface area contributed by atoms with Crippen LogP contribution in [0.15, 0.2) is 42.5 Å².